The Morgan fingerprint density at radius 2 is 2.04 bits per heavy atom. The Balaban J connectivity index is 1.63. The summed E-state index contributed by atoms with van der Waals surface area (Å²) < 4.78 is 0.974. The lowest BCUT2D eigenvalue weighted by atomic mass is 10.1. The average molecular weight is 413 g/mol. The van der Waals surface area contributed by atoms with Gasteiger partial charge in [0.25, 0.3) is 0 Å². The highest BCUT2D eigenvalue weighted by atomic mass is 79.9. The molecule has 118 valence electrons. The number of H-pyrrole nitrogens is 1. The summed E-state index contributed by atoms with van der Waals surface area (Å²) in [4.78, 5) is 19.6. The minimum atomic E-state index is -0.129. The lowest BCUT2D eigenvalue weighted by molar-refractivity contribution is -0.120. The number of hydrogen-bond donors (Lipinski definition) is 2. The molecule has 0 aliphatic rings. The fourth-order valence-electron chi connectivity index (χ4n) is 2.20. The number of aromatic nitrogens is 2. The summed E-state index contributed by atoms with van der Waals surface area (Å²) in [6, 6.07) is 10.9. The van der Waals surface area contributed by atoms with Crippen LogP contribution in [-0.2, 0) is 17.8 Å². The van der Waals surface area contributed by atoms with Crippen LogP contribution < -0.4 is 5.32 Å². The highest BCUT2D eigenvalue weighted by Crippen LogP contribution is 2.21. The molecule has 2 aromatic carbocycles. The number of amides is 1. The second-order valence-corrected chi connectivity index (χ2v) is 6.79. The van der Waals surface area contributed by atoms with E-state index in [9.17, 15) is 4.79 Å². The molecule has 0 aliphatic carbocycles. The van der Waals surface area contributed by atoms with E-state index in [0.717, 1.165) is 21.1 Å². The third kappa shape index (κ3) is 4.05. The van der Waals surface area contributed by atoms with Gasteiger partial charge in [0, 0.05) is 14.5 Å². The normalized spacial score (nSPS) is 10.9. The predicted octanol–water partition coefficient (Wildman–Crippen LogP) is 4.49. The molecule has 0 atom stereocenters. The van der Waals surface area contributed by atoms with Gasteiger partial charge in [-0.05, 0) is 35.9 Å². The summed E-state index contributed by atoms with van der Waals surface area (Å²) in [6.07, 6.45) is 0.196. The molecule has 0 saturated carbocycles. The van der Waals surface area contributed by atoms with E-state index in [4.69, 9.17) is 23.2 Å². The molecule has 3 aromatic rings. The van der Waals surface area contributed by atoms with Crippen LogP contribution in [0.5, 0.6) is 0 Å². The van der Waals surface area contributed by atoms with Gasteiger partial charge in [-0.1, -0.05) is 45.2 Å². The molecule has 7 heteroatoms. The van der Waals surface area contributed by atoms with Crippen LogP contribution in [0.4, 0.5) is 0 Å². The summed E-state index contributed by atoms with van der Waals surface area (Å²) in [7, 11) is 0. The van der Waals surface area contributed by atoms with Gasteiger partial charge in [-0.3, -0.25) is 4.79 Å². The maximum absolute atomic E-state index is 12.0. The molecule has 0 aliphatic heterocycles. The van der Waals surface area contributed by atoms with E-state index in [1.54, 1.807) is 18.2 Å². The van der Waals surface area contributed by atoms with Crippen molar-refractivity contribution in [3.8, 4) is 0 Å². The Labute approximate surface area is 151 Å². The van der Waals surface area contributed by atoms with Crippen LogP contribution in [0, 0.1) is 0 Å². The predicted molar refractivity (Wildman–Crippen MR) is 95.8 cm³/mol. The Morgan fingerprint density at radius 3 is 2.83 bits per heavy atom. The maximum atomic E-state index is 12.0. The third-order valence-corrected chi connectivity index (χ3v) is 4.39. The number of nitrogens with one attached hydrogen (secondary N) is 2. The van der Waals surface area contributed by atoms with Crippen molar-refractivity contribution < 1.29 is 4.79 Å². The van der Waals surface area contributed by atoms with E-state index in [-0.39, 0.29) is 12.3 Å². The standard InChI is InChI=1S/C16H12BrCl2N3O/c17-10-2-4-13-14(6-10)22-15(21-13)8-20-16(23)5-9-1-3-11(18)7-12(9)19/h1-4,6-7H,5,8H2,(H,20,23)(H,21,22). The van der Waals surface area contributed by atoms with Gasteiger partial charge in [0.15, 0.2) is 0 Å². The topological polar surface area (TPSA) is 57.8 Å². The van der Waals surface area contributed by atoms with E-state index in [1.807, 2.05) is 18.2 Å². The van der Waals surface area contributed by atoms with Crippen molar-refractivity contribution in [2.75, 3.05) is 0 Å². The second-order valence-electron chi connectivity index (χ2n) is 5.03. The van der Waals surface area contributed by atoms with Crippen molar-refractivity contribution >= 4 is 56.1 Å². The quantitative estimate of drug-likeness (QED) is 0.663. The van der Waals surface area contributed by atoms with Gasteiger partial charge in [-0.2, -0.15) is 0 Å². The Bertz CT molecular complexity index is 879. The Kier molecular flexibility index (Phi) is 4.90. The molecule has 1 amide bonds. The van der Waals surface area contributed by atoms with E-state index in [0.29, 0.717) is 22.4 Å². The number of hydrogen-bond acceptors (Lipinski definition) is 2. The zero-order valence-corrected chi connectivity index (χ0v) is 15.0. The van der Waals surface area contributed by atoms with E-state index >= 15 is 0 Å². The maximum Gasteiger partial charge on any atom is 0.224 e. The summed E-state index contributed by atoms with van der Waals surface area (Å²) >= 11 is 15.3. The molecule has 0 spiro atoms. The fraction of sp³-hybridized carbons (Fsp3) is 0.125. The van der Waals surface area contributed by atoms with Gasteiger partial charge < -0.3 is 10.3 Å². The molecule has 1 heterocycles. The molecular weight excluding hydrogens is 401 g/mol. The van der Waals surface area contributed by atoms with Crippen LogP contribution in [0.25, 0.3) is 11.0 Å². The lowest BCUT2D eigenvalue weighted by Gasteiger charge is -2.05. The first kappa shape index (κ1) is 16.3. The van der Waals surface area contributed by atoms with Crippen LogP contribution in [0.3, 0.4) is 0 Å². The number of halogens is 3. The second kappa shape index (κ2) is 6.91. The van der Waals surface area contributed by atoms with Gasteiger partial charge >= 0.3 is 0 Å². The number of rotatable bonds is 4. The summed E-state index contributed by atoms with van der Waals surface area (Å²) in [6.45, 7) is 0.330. The summed E-state index contributed by atoms with van der Waals surface area (Å²) in [5.41, 5.74) is 2.52. The number of imidazole rings is 1. The van der Waals surface area contributed by atoms with E-state index < -0.39 is 0 Å². The Morgan fingerprint density at radius 1 is 1.22 bits per heavy atom. The van der Waals surface area contributed by atoms with Crippen molar-refractivity contribution in [2.45, 2.75) is 13.0 Å². The molecule has 0 saturated heterocycles. The molecular formula is C16H12BrCl2N3O. The number of fused-ring (bicyclic) bond motifs is 1. The zero-order chi connectivity index (χ0) is 16.4. The van der Waals surface area contributed by atoms with E-state index in [2.05, 4.69) is 31.2 Å². The van der Waals surface area contributed by atoms with Gasteiger partial charge in [0.05, 0.1) is 24.0 Å². The largest absolute Gasteiger partial charge is 0.349 e. The molecule has 3 rings (SSSR count). The molecule has 0 bridgehead atoms. The van der Waals surface area contributed by atoms with Crippen molar-refractivity contribution in [3.05, 3.63) is 62.3 Å². The molecule has 0 fully saturated rings. The van der Waals surface area contributed by atoms with Crippen molar-refractivity contribution in [1.29, 1.82) is 0 Å². The van der Waals surface area contributed by atoms with Gasteiger partial charge in [0.2, 0.25) is 5.91 Å². The van der Waals surface area contributed by atoms with E-state index in [1.165, 1.54) is 0 Å². The highest BCUT2D eigenvalue weighted by molar-refractivity contribution is 9.10. The van der Waals surface area contributed by atoms with Crippen LogP contribution in [0.2, 0.25) is 10.0 Å². The minimum Gasteiger partial charge on any atom is -0.349 e. The molecule has 23 heavy (non-hydrogen) atoms. The van der Waals surface area contributed by atoms with Crippen molar-refractivity contribution in [1.82, 2.24) is 15.3 Å². The monoisotopic (exact) mass is 411 g/mol. The smallest absolute Gasteiger partial charge is 0.224 e. The molecule has 2 N–H and O–H groups in total. The number of carbonyl (C=O) groups is 1. The number of benzene rings is 2. The first-order chi connectivity index (χ1) is 11.0. The number of nitrogens with zero attached hydrogens (tertiary/aromatic N) is 1. The van der Waals surface area contributed by atoms with Gasteiger partial charge in [-0.25, -0.2) is 4.98 Å². The first-order valence-electron chi connectivity index (χ1n) is 6.86. The minimum absolute atomic E-state index is 0.129. The third-order valence-electron chi connectivity index (χ3n) is 3.31. The molecule has 0 unspecified atom stereocenters. The summed E-state index contributed by atoms with van der Waals surface area (Å²) in [5.74, 6) is 0.574. The van der Waals surface area contributed by atoms with Gasteiger partial charge in [-0.15, -0.1) is 0 Å². The van der Waals surface area contributed by atoms with Crippen LogP contribution in [-0.4, -0.2) is 15.9 Å². The average Bonchev–Trinajstić information content (AvgIpc) is 2.90. The number of carbonyl (C=O) groups excluding carboxylic acids is 1. The van der Waals surface area contributed by atoms with Crippen LogP contribution in [0.1, 0.15) is 11.4 Å². The lowest BCUT2D eigenvalue weighted by Crippen LogP contribution is -2.25. The zero-order valence-electron chi connectivity index (χ0n) is 11.9. The van der Waals surface area contributed by atoms with Crippen molar-refractivity contribution in [3.63, 3.8) is 0 Å². The SMILES string of the molecule is O=C(Cc1ccc(Cl)cc1Cl)NCc1nc2ccc(Br)cc2[nH]1. The molecule has 4 nitrogen and oxygen atoms in total. The highest BCUT2D eigenvalue weighted by Gasteiger charge is 2.09. The molecule has 0 radical (unpaired) electrons. The fourth-order valence-corrected chi connectivity index (χ4v) is 3.04. The molecule has 1 aromatic heterocycles. The summed E-state index contributed by atoms with van der Waals surface area (Å²) in [5, 5.41) is 3.86. The Hall–Kier alpha value is -1.56. The first-order valence-corrected chi connectivity index (χ1v) is 8.41. The number of aromatic amines is 1. The van der Waals surface area contributed by atoms with Crippen LogP contribution >= 0.6 is 39.1 Å². The van der Waals surface area contributed by atoms with Gasteiger partial charge in [0.1, 0.15) is 5.82 Å². The van der Waals surface area contributed by atoms with Crippen LogP contribution in [0.15, 0.2) is 40.9 Å². The van der Waals surface area contributed by atoms with Crippen molar-refractivity contribution in [2.24, 2.45) is 0 Å².